The van der Waals surface area contributed by atoms with Gasteiger partial charge in [-0.05, 0) is 39.8 Å². The van der Waals surface area contributed by atoms with Crippen molar-refractivity contribution in [2.24, 2.45) is 0 Å². The minimum absolute atomic E-state index is 0.133. The summed E-state index contributed by atoms with van der Waals surface area (Å²) in [7, 11) is 0. The van der Waals surface area contributed by atoms with Crippen molar-refractivity contribution in [3.8, 4) is 0 Å². The third-order valence-electron chi connectivity index (χ3n) is 2.14. The van der Waals surface area contributed by atoms with Crippen molar-refractivity contribution >= 4 is 6.29 Å². The number of carbonyl (C=O) groups is 1. The van der Waals surface area contributed by atoms with Crippen molar-refractivity contribution in [3.05, 3.63) is 0 Å². The van der Waals surface area contributed by atoms with E-state index < -0.39 is 5.60 Å². The summed E-state index contributed by atoms with van der Waals surface area (Å²) in [6.45, 7) is 5.69. The average molecular weight is 171 g/mol. The van der Waals surface area contributed by atoms with Gasteiger partial charge in [0.25, 0.3) is 0 Å². The van der Waals surface area contributed by atoms with Crippen LogP contribution < -0.4 is 5.32 Å². The highest BCUT2D eigenvalue weighted by Gasteiger charge is 2.33. The van der Waals surface area contributed by atoms with Crippen LogP contribution in [-0.2, 0) is 9.53 Å². The zero-order valence-corrected chi connectivity index (χ0v) is 7.80. The van der Waals surface area contributed by atoms with Gasteiger partial charge in [0, 0.05) is 0 Å². The molecular weight excluding hydrogens is 154 g/mol. The van der Waals surface area contributed by atoms with Gasteiger partial charge in [0.1, 0.15) is 5.60 Å². The van der Waals surface area contributed by atoms with Gasteiger partial charge in [0.05, 0.1) is 6.10 Å². The van der Waals surface area contributed by atoms with Gasteiger partial charge in [-0.1, -0.05) is 0 Å². The molecule has 70 valence electrons. The Balaban J connectivity index is 2.53. The van der Waals surface area contributed by atoms with E-state index in [1.54, 1.807) is 0 Å². The quantitative estimate of drug-likeness (QED) is 0.636. The first-order valence-corrected chi connectivity index (χ1v) is 4.53. The standard InChI is InChI=1S/C9H17NO2/c1-8(2)12-9(7-11)3-5-10-6-4-9/h7-8,10H,3-6H2,1-2H3. The summed E-state index contributed by atoms with van der Waals surface area (Å²) in [6, 6.07) is 0. The number of piperidine rings is 1. The molecule has 0 atom stereocenters. The first-order valence-electron chi connectivity index (χ1n) is 4.53. The van der Waals surface area contributed by atoms with E-state index in [2.05, 4.69) is 5.32 Å². The fraction of sp³-hybridized carbons (Fsp3) is 0.889. The van der Waals surface area contributed by atoms with E-state index in [1.807, 2.05) is 13.8 Å². The fourth-order valence-electron chi connectivity index (χ4n) is 1.58. The summed E-state index contributed by atoms with van der Waals surface area (Å²) in [5.74, 6) is 0. The van der Waals surface area contributed by atoms with Crippen LogP contribution in [0.5, 0.6) is 0 Å². The van der Waals surface area contributed by atoms with Crippen molar-refractivity contribution in [1.29, 1.82) is 0 Å². The summed E-state index contributed by atoms with van der Waals surface area (Å²) in [6.07, 6.45) is 2.70. The zero-order chi connectivity index (χ0) is 9.03. The van der Waals surface area contributed by atoms with Crippen LogP contribution >= 0.6 is 0 Å². The van der Waals surface area contributed by atoms with E-state index in [-0.39, 0.29) is 6.10 Å². The van der Waals surface area contributed by atoms with Crippen molar-refractivity contribution < 1.29 is 9.53 Å². The second-order valence-corrected chi connectivity index (χ2v) is 3.60. The Bertz CT molecular complexity index is 151. The Morgan fingerprint density at radius 3 is 2.42 bits per heavy atom. The molecule has 3 heteroatoms. The van der Waals surface area contributed by atoms with Crippen molar-refractivity contribution in [1.82, 2.24) is 5.32 Å². The lowest BCUT2D eigenvalue weighted by atomic mass is 9.94. The number of rotatable bonds is 3. The van der Waals surface area contributed by atoms with Crippen LogP contribution in [0.3, 0.4) is 0 Å². The van der Waals surface area contributed by atoms with Crippen LogP contribution in [0.25, 0.3) is 0 Å². The van der Waals surface area contributed by atoms with Gasteiger partial charge in [-0.3, -0.25) is 0 Å². The third kappa shape index (κ3) is 2.29. The predicted molar refractivity (Wildman–Crippen MR) is 47.1 cm³/mol. The van der Waals surface area contributed by atoms with Crippen LogP contribution in [0.1, 0.15) is 26.7 Å². The maximum atomic E-state index is 10.9. The highest BCUT2D eigenvalue weighted by molar-refractivity contribution is 5.62. The largest absolute Gasteiger partial charge is 0.365 e. The Morgan fingerprint density at radius 2 is 2.00 bits per heavy atom. The second-order valence-electron chi connectivity index (χ2n) is 3.60. The maximum Gasteiger partial charge on any atom is 0.151 e. The SMILES string of the molecule is CC(C)OC1(C=O)CCNCC1. The van der Waals surface area contributed by atoms with Crippen LogP contribution in [-0.4, -0.2) is 31.1 Å². The van der Waals surface area contributed by atoms with Crippen LogP contribution in [0.4, 0.5) is 0 Å². The molecule has 1 fully saturated rings. The molecule has 1 saturated heterocycles. The Morgan fingerprint density at radius 1 is 1.42 bits per heavy atom. The normalized spacial score (nSPS) is 22.6. The number of ether oxygens (including phenoxy) is 1. The second kappa shape index (κ2) is 4.01. The average Bonchev–Trinajstić information content (AvgIpc) is 2.05. The van der Waals surface area contributed by atoms with Crippen molar-refractivity contribution in [2.75, 3.05) is 13.1 Å². The molecule has 1 aliphatic rings. The van der Waals surface area contributed by atoms with Crippen LogP contribution in [0, 0.1) is 0 Å². The van der Waals surface area contributed by atoms with Gasteiger partial charge in [-0.2, -0.15) is 0 Å². The van der Waals surface area contributed by atoms with E-state index in [9.17, 15) is 4.79 Å². The Labute approximate surface area is 73.5 Å². The molecule has 0 bridgehead atoms. The summed E-state index contributed by atoms with van der Waals surface area (Å²) >= 11 is 0. The number of hydrogen-bond acceptors (Lipinski definition) is 3. The van der Waals surface area contributed by atoms with E-state index in [0.717, 1.165) is 32.2 Å². The molecule has 0 unspecified atom stereocenters. The number of hydrogen-bond donors (Lipinski definition) is 1. The van der Waals surface area contributed by atoms with Crippen LogP contribution in [0.15, 0.2) is 0 Å². The summed E-state index contributed by atoms with van der Waals surface area (Å²) in [5.41, 5.74) is -0.501. The lowest BCUT2D eigenvalue weighted by molar-refractivity contribution is -0.142. The molecule has 1 N–H and O–H groups in total. The molecule has 0 spiro atoms. The molecule has 3 nitrogen and oxygen atoms in total. The molecule has 0 aromatic rings. The highest BCUT2D eigenvalue weighted by Crippen LogP contribution is 2.22. The predicted octanol–water partition coefficient (Wildman–Crippen LogP) is 0.732. The molecule has 0 aromatic heterocycles. The summed E-state index contributed by atoms with van der Waals surface area (Å²) in [5, 5.41) is 3.21. The topological polar surface area (TPSA) is 38.3 Å². The molecule has 1 aliphatic heterocycles. The maximum absolute atomic E-state index is 10.9. The van der Waals surface area contributed by atoms with Gasteiger partial charge < -0.3 is 14.8 Å². The summed E-state index contributed by atoms with van der Waals surface area (Å²) < 4.78 is 5.62. The van der Waals surface area contributed by atoms with E-state index in [4.69, 9.17) is 4.74 Å². The van der Waals surface area contributed by atoms with E-state index in [1.165, 1.54) is 0 Å². The lowest BCUT2D eigenvalue weighted by Crippen LogP contribution is -2.46. The van der Waals surface area contributed by atoms with E-state index >= 15 is 0 Å². The monoisotopic (exact) mass is 171 g/mol. The van der Waals surface area contributed by atoms with Gasteiger partial charge in [0.2, 0.25) is 0 Å². The minimum Gasteiger partial charge on any atom is -0.365 e. The third-order valence-corrected chi connectivity index (χ3v) is 2.14. The smallest absolute Gasteiger partial charge is 0.151 e. The van der Waals surface area contributed by atoms with Crippen molar-refractivity contribution in [2.45, 2.75) is 38.4 Å². The molecule has 0 amide bonds. The molecular formula is C9H17NO2. The van der Waals surface area contributed by atoms with Gasteiger partial charge >= 0.3 is 0 Å². The molecule has 0 saturated carbocycles. The van der Waals surface area contributed by atoms with Crippen LogP contribution in [0.2, 0.25) is 0 Å². The van der Waals surface area contributed by atoms with Gasteiger partial charge in [-0.15, -0.1) is 0 Å². The Kier molecular flexibility index (Phi) is 3.23. The molecule has 1 rings (SSSR count). The zero-order valence-electron chi connectivity index (χ0n) is 7.80. The number of aldehydes is 1. The molecule has 12 heavy (non-hydrogen) atoms. The number of nitrogens with one attached hydrogen (secondary N) is 1. The Hall–Kier alpha value is -0.410. The molecule has 1 heterocycles. The lowest BCUT2D eigenvalue weighted by Gasteiger charge is -2.34. The van der Waals surface area contributed by atoms with E-state index in [0.29, 0.717) is 0 Å². The van der Waals surface area contributed by atoms with Crippen molar-refractivity contribution in [3.63, 3.8) is 0 Å². The first-order chi connectivity index (χ1) is 5.68. The van der Waals surface area contributed by atoms with Gasteiger partial charge in [-0.25, -0.2) is 0 Å². The molecule has 0 radical (unpaired) electrons. The molecule has 0 aromatic carbocycles. The fourth-order valence-corrected chi connectivity index (χ4v) is 1.58. The molecule has 0 aliphatic carbocycles. The summed E-state index contributed by atoms with van der Waals surface area (Å²) in [4.78, 5) is 10.9. The minimum atomic E-state index is -0.501. The van der Waals surface area contributed by atoms with Gasteiger partial charge in [0.15, 0.2) is 6.29 Å². The number of carbonyl (C=O) groups excluding carboxylic acids is 1. The highest BCUT2D eigenvalue weighted by atomic mass is 16.5. The first kappa shape index (κ1) is 9.68.